The number of hydrogen-bond donors (Lipinski definition) is 3. The van der Waals surface area contributed by atoms with Crippen LogP contribution in [0.3, 0.4) is 0 Å². The Labute approximate surface area is 126 Å². The molecule has 1 aromatic carbocycles. The van der Waals surface area contributed by atoms with E-state index in [2.05, 4.69) is 22.9 Å². The molecule has 0 aliphatic carbocycles. The lowest BCUT2D eigenvalue weighted by Crippen LogP contribution is -2.30. The molecule has 2 amide bonds. The standard InChI is InChI=1S/C16H25N3O2/c1-4-5-10-17-15(20)11-18-14-8-6-13(7-9-14)16(21)19-12(2)3/h6-9,12,18H,4-5,10-11H2,1-3H3,(H,17,20)(H,19,21). The van der Waals surface area contributed by atoms with Crippen molar-refractivity contribution in [3.63, 3.8) is 0 Å². The number of nitrogens with one attached hydrogen (secondary N) is 3. The molecule has 5 heteroatoms. The molecule has 0 saturated heterocycles. The van der Waals surface area contributed by atoms with Crippen molar-refractivity contribution in [3.05, 3.63) is 29.8 Å². The Morgan fingerprint density at radius 3 is 2.38 bits per heavy atom. The quantitative estimate of drug-likeness (QED) is 0.643. The van der Waals surface area contributed by atoms with Crippen molar-refractivity contribution in [1.29, 1.82) is 0 Å². The van der Waals surface area contributed by atoms with Crippen LogP contribution < -0.4 is 16.0 Å². The van der Waals surface area contributed by atoms with Crippen LogP contribution in [0.1, 0.15) is 44.0 Å². The Bertz CT molecular complexity index is 455. The van der Waals surface area contributed by atoms with Crippen molar-refractivity contribution in [2.45, 2.75) is 39.7 Å². The molecule has 116 valence electrons. The number of unbranched alkanes of at least 4 members (excludes halogenated alkanes) is 1. The molecule has 0 aromatic heterocycles. The van der Waals surface area contributed by atoms with Gasteiger partial charge in [-0.3, -0.25) is 9.59 Å². The molecule has 0 spiro atoms. The third-order valence-electron chi connectivity index (χ3n) is 2.87. The molecular formula is C16H25N3O2. The van der Waals surface area contributed by atoms with E-state index in [0.717, 1.165) is 18.5 Å². The van der Waals surface area contributed by atoms with Gasteiger partial charge < -0.3 is 16.0 Å². The van der Waals surface area contributed by atoms with Gasteiger partial charge in [0.2, 0.25) is 5.91 Å². The smallest absolute Gasteiger partial charge is 0.251 e. The molecule has 0 aliphatic rings. The Morgan fingerprint density at radius 1 is 1.14 bits per heavy atom. The van der Waals surface area contributed by atoms with Gasteiger partial charge >= 0.3 is 0 Å². The van der Waals surface area contributed by atoms with Gasteiger partial charge in [-0.15, -0.1) is 0 Å². The van der Waals surface area contributed by atoms with Crippen molar-refractivity contribution < 1.29 is 9.59 Å². The summed E-state index contributed by atoms with van der Waals surface area (Å²) in [5.74, 6) is -0.112. The Balaban J connectivity index is 2.40. The maximum atomic E-state index is 11.8. The first-order chi connectivity index (χ1) is 10.0. The largest absolute Gasteiger partial charge is 0.376 e. The van der Waals surface area contributed by atoms with Gasteiger partial charge in [0.05, 0.1) is 6.54 Å². The molecule has 21 heavy (non-hydrogen) atoms. The van der Waals surface area contributed by atoms with Crippen LogP contribution in [0.25, 0.3) is 0 Å². The lowest BCUT2D eigenvalue weighted by atomic mass is 10.2. The molecule has 0 saturated carbocycles. The van der Waals surface area contributed by atoms with Crippen LogP contribution in [-0.4, -0.2) is 30.9 Å². The minimum atomic E-state index is -0.0890. The first-order valence-corrected chi connectivity index (χ1v) is 7.44. The monoisotopic (exact) mass is 291 g/mol. The topological polar surface area (TPSA) is 70.2 Å². The van der Waals surface area contributed by atoms with E-state index < -0.39 is 0 Å². The number of anilines is 1. The van der Waals surface area contributed by atoms with E-state index in [1.165, 1.54) is 0 Å². The third-order valence-corrected chi connectivity index (χ3v) is 2.87. The van der Waals surface area contributed by atoms with Crippen LogP contribution >= 0.6 is 0 Å². The zero-order valence-corrected chi connectivity index (χ0v) is 13.0. The van der Waals surface area contributed by atoms with Crippen LogP contribution in [0.2, 0.25) is 0 Å². The Morgan fingerprint density at radius 2 is 1.81 bits per heavy atom. The lowest BCUT2D eigenvalue weighted by molar-refractivity contribution is -0.119. The summed E-state index contributed by atoms with van der Waals surface area (Å²) < 4.78 is 0. The van der Waals surface area contributed by atoms with Gasteiger partial charge in [-0.05, 0) is 44.5 Å². The molecule has 0 radical (unpaired) electrons. The molecule has 3 N–H and O–H groups in total. The molecule has 1 rings (SSSR count). The highest BCUT2D eigenvalue weighted by Gasteiger charge is 2.06. The third kappa shape index (κ3) is 6.79. The second kappa shape index (κ2) is 9.00. The first kappa shape index (κ1) is 17.0. The van der Waals surface area contributed by atoms with Gasteiger partial charge in [-0.25, -0.2) is 0 Å². The number of rotatable bonds is 8. The number of benzene rings is 1. The van der Waals surface area contributed by atoms with Gasteiger partial charge in [0, 0.05) is 23.8 Å². The summed E-state index contributed by atoms with van der Waals surface area (Å²) in [6.45, 7) is 6.88. The lowest BCUT2D eigenvalue weighted by Gasteiger charge is -2.10. The minimum Gasteiger partial charge on any atom is -0.376 e. The van der Waals surface area contributed by atoms with Crippen molar-refractivity contribution in [2.75, 3.05) is 18.4 Å². The van der Waals surface area contributed by atoms with Crippen molar-refractivity contribution in [1.82, 2.24) is 10.6 Å². The molecule has 0 atom stereocenters. The normalized spacial score (nSPS) is 10.3. The fraction of sp³-hybridized carbons (Fsp3) is 0.500. The molecule has 0 heterocycles. The first-order valence-electron chi connectivity index (χ1n) is 7.44. The van der Waals surface area contributed by atoms with Crippen LogP contribution in [0.15, 0.2) is 24.3 Å². The summed E-state index contributed by atoms with van der Waals surface area (Å²) in [6.07, 6.45) is 2.05. The molecule has 0 aliphatic heterocycles. The van der Waals surface area contributed by atoms with E-state index in [1.807, 2.05) is 13.8 Å². The van der Waals surface area contributed by atoms with Crippen molar-refractivity contribution in [2.24, 2.45) is 0 Å². The van der Waals surface area contributed by atoms with Gasteiger partial charge in [0.1, 0.15) is 0 Å². The average Bonchev–Trinajstić information content (AvgIpc) is 2.45. The fourth-order valence-corrected chi connectivity index (χ4v) is 1.73. The maximum Gasteiger partial charge on any atom is 0.251 e. The number of carbonyl (C=O) groups is 2. The molecule has 1 aromatic rings. The van der Waals surface area contributed by atoms with Gasteiger partial charge in [-0.2, -0.15) is 0 Å². The highest BCUT2D eigenvalue weighted by atomic mass is 16.2. The molecular weight excluding hydrogens is 266 g/mol. The Hall–Kier alpha value is -2.04. The highest BCUT2D eigenvalue weighted by molar-refractivity contribution is 5.94. The highest BCUT2D eigenvalue weighted by Crippen LogP contribution is 2.09. The number of carbonyl (C=O) groups excluding carboxylic acids is 2. The van der Waals surface area contributed by atoms with E-state index >= 15 is 0 Å². The molecule has 0 bridgehead atoms. The summed E-state index contributed by atoms with van der Waals surface area (Å²) in [6, 6.07) is 7.20. The minimum absolute atomic E-state index is 0.0231. The summed E-state index contributed by atoms with van der Waals surface area (Å²) in [5, 5.41) is 8.71. The zero-order valence-electron chi connectivity index (χ0n) is 13.0. The van der Waals surface area contributed by atoms with E-state index in [4.69, 9.17) is 0 Å². The van der Waals surface area contributed by atoms with E-state index in [9.17, 15) is 9.59 Å². The predicted octanol–water partition coefficient (Wildman–Crippen LogP) is 2.15. The molecule has 0 unspecified atom stereocenters. The Kier molecular flexibility index (Phi) is 7.29. The zero-order chi connectivity index (χ0) is 15.7. The predicted molar refractivity (Wildman–Crippen MR) is 85.5 cm³/mol. The van der Waals surface area contributed by atoms with Gasteiger partial charge in [-0.1, -0.05) is 13.3 Å². The SMILES string of the molecule is CCCCNC(=O)CNc1ccc(C(=O)NC(C)C)cc1. The second-order valence-corrected chi connectivity index (χ2v) is 5.26. The summed E-state index contributed by atoms with van der Waals surface area (Å²) in [4.78, 5) is 23.3. The van der Waals surface area contributed by atoms with Gasteiger partial charge in [0.25, 0.3) is 5.91 Å². The molecule has 5 nitrogen and oxygen atoms in total. The van der Waals surface area contributed by atoms with E-state index in [-0.39, 0.29) is 24.4 Å². The summed E-state index contributed by atoms with van der Waals surface area (Å²) >= 11 is 0. The van der Waals surface area contributed by atoms with Gasteiger partial charge in [0.15, 0.2) is 0 Å². The maximum absolute atomic E-state index is 11.8. The van der Waals surface area contributed by atoms with Crippen LogP contribution in [0.5, 0.6) is 0 Å². The number of hydrogen-bond acceptors (Lipinski definition) is 3. The van der Waals surface area contributed by atoms with Crippen molar-refractivity contribution in [3.8, 4) is 0 Å². The average molecular weight is 291 g/mol. The molecule has 0 fully saturated rings. The van der Waals surface area contributed by atoms with Crippen LogP contribution in [0, 0.1) is 0 Å². The van der Waals surface area contributed by atoms with Crippen molar-refractivity contribution >= 4 is 17.5 Å². The second-order valence-electron chi connectivity index (χ2n) is 5.26. The van der Waals surface area contributed by atoms with Crippen LogP contribution in [0.4, 0.5) is 5.69 Å². The van der Waals surface area contributed by atoms with Crippen LogP contribution in [-0.2, 0) is 4.79 Å². The summed E-state index contributed by atoms with van der Waals surface area (Å²) in [5.41, 5.74) is 1.43. The number of amides is 2. The van der Waals surface area contributed by atoms with E-state index in [0.29, 0.717) is 12.1 Å². The summed E-state index contributed by atoms with van der Waals surface area (Å²) in [7, 11) is 0. The fourth-order valence-electron chi connectivity index (χ4n) is 1.73. The van der Waals surface area contributed by atoms with E-state index in [1.54, 1.807) is 24.3 Å².